The van der Waals surface area contributed by atoms with Gasteiger partial charge in [-0.25, -0.2) is 14.8 Å². The summed E-state index contributed by atoms with van der Waals surface area (Å²) in [6.45, 7) is 0. The van der Waals surface area contributed by atoms with Gasteiger partial charge in [-0.3, -0.25) is 0 Å². The molecule has 128 valence electrons. The number of halogens is 1. The number of nitrogens with zero attached hydrogens (tertiary/aromatic N) is 3. The van der Waals surface area contributed by atoms with E-state index in [2.05, 4.69) is 9.97 Å². The minimum absolute atomic E-state index is 0.181. The van der Waals surface area contributed by atoms with Gasteiger partial charge in [-0.05, 0) is 42.5 Å². The van der Waals surface area contributed by atoms with Crippen LogP contribution < -0.4 is 0 Å². The van der Waals surface area contributed by atoms with Crippen LogP contribution >= 0.6 is 11.6 Å². The molecule has 7 heteroatoms. The van der Waals surface area contributed by atoms with Crippen LogP contribution in [0.25, 0.3) is 27.8 Å². The van der Waals surface area contributed by atoms with Gasteiger partial charge in [-0.2, -0.15) is 0 Å². The van der Waals surface area contributed by atoms with Crippen molar-refractivity contribution in [2.45, 2.75) is 0 Å². The molecule has 0 fully saturated rings. The number of hydrogen-bond donors (Lipinski definition) is 2. The van der Waals surface area contributed by atoms with E-state index in [0.717, 1.165) is 11.1 Å². The van der Waals surface area contributed by atoms with Crippen LogP contribution in [0.4, 0.5) is 0 Å². The Hall–Kier alpha value is -3.38. The molecule has 0 saturated heterocycles. The number of aromatic hydroxyl groups is 1. The highest BCUT2D eigenvalue weighted by Gasteiger charge is 2.14. The fraction of sp³-hybridized carbons (Fsp3) is 0. The number of aromatic nitrogens is 3. The summed E-state index contributed by atoms with van der Waals surface area (Å²) in [7, 11) is 0. The number of aromatic carboxylic acids is 1. The Bertz CT molecular complexity index is 1140. The first-order chi connectivity index (χ1) is 12.5. The second-order valence-electron chi connectivity index (χ2n) is 5.70. The lowest BCUT2D eigenvalue weighted by Gasteiger charge is -2.11. The number of carboxylic acid groups (broad SMARTS) is 1. The molecule has 26 heavy (non-hydrogen) atoms. The van der Waals surface area contributed by atoms with Gasteiger partial charge in [0.2, 0.25) is 0 Å². The second-order valence-corrected chi connectivity index (χ2v) is 6.13. The van der Waals surface area contributed by atoms with Crippen molar-refractivity contribution < 1.29 is 15.0 Å². The molecule has 0 radical (unpaired) electrons. The highest BCUT2D eigenvalue weighted by atomic mass is 35.5. The fourth-order valence-electron chi connectivity index (χ4n) is 2.81. The normalized spacial score (nSPS) is 11.0. The van der Waals surface area contributed by atoms with Gasteiger partial charge in [0.05, 0.1) is 23.2 Å². The van der Waals surface area contributed by atoms with E-state index in [1.165, 1.54) is 12.1 Å². The number of pyridine rings is 1. The molecule has 6 nitrogen and oxygen atoms in total. The van der Waals surface area contributed by atoms with E-state index >= 15 is 0 Å². The molecule has 0 bridgehead atoms. The Morgan fingerprint density at radius 1 is 1.12 bits per heavy atom. The van der Waals surface area contributed by atoms with Crippen molar-refractivity contribution in [1.29, 1.82) is 0 Å². The summed E-state index contributed by atoms with van der Waals surface area (Å²) in [5.41, 5.74) is 2.46. The van der Waals surface area contributed by atoms with Crippen molar-refractivity contribution in [3.8, 4) is 22.7 Å². The highest BCUT2D eigenvalue weighted by molar-refractivity contribution is 6.31. The summed E-state index contributed by atoms with van der Waals surface area (Å²) in [6, 6.07) is 11.6. The zero-order valence-electron chi connectivity index (χ0n) is 13.3. The molecule has 2 N–H and O–H groups in total. The van der Waals surface area contributed by atoms with Crippen LogP contribution in [0.1, 0.15) is 10.4 Å². The monoisotopic (exact) mass is 365 g/mol. The van der Waals surface area contributed by atoms with Gasteiger partial charge in [-0.1, -0.05) is 11.6 Å². The highest BCUT2D eigenvalue weighted by Crippen LogP contribution is 2.31. The molecular formula is C19H12ClN3O3. The quantitative estimate of drug-likeness (QED) is 0.569. The molecule has 2 heterocycles. The van der Waals surface area contributed by atoms with Gasteiger partial charge in [0.25, 0.3) is 0 Å². The summed E-state index contributed by atoms with van der Waals surface area (Å²) in [4.78, 5) is 20.0. The molecule has 0 aliphatic heterocycles. The maximum atomic E-state index is 11.3. The van der Waals surface area contributed by atoms with Crippen molar-refractivity contribution in [2.24, 2.45) is 0 Å². The van der Waals surface area contributed by atoms with E-state index in [4.69, 9.17) is 11.6 Å². The van der Waals surface area contributed by atoms with Crippen LogP contribution in [0.2, 0.25) is 5.02 Å². The molecule has 0 spiro atoms. The first-order valence-electron chi connectivity index (χ1n) is 7.68. The van der Waals surface area contributed by atoms with Gasteiger partial charge >= 0.3 is 5.97 Å². The molecule has 0 saturated carbocycles. The molecule has 2 aromatic heterocycles. The number of carboxylic acids is 1. The molecule has 0 amide bonds. The predicted molar refractivity (Wildman–Crippen MR) is 97.9 cm³/mol. The van der Waals surface area contributed by atoms with E-state index < -0.39 is 5.97 Å². The minimum Gasteiger partial charge on any atom is -0.507 e. The third-order valence-corrected chi connectivity index (χ3v) is 4.29. The number of benzene rings is 2. The SMILES string of the molecule is O=C(O)c1cc(-c2cc(-n3ccnc3)c3ccc(Cl)cc3n2)ccc1O. The zero-order valence-corrected chi connectivity index (χ0v) is 14.1. The molecule has 0 unspecified atom stereocenters. The molecule has 4 aromatic rings. The molecule has 2 aromatic carbocycles. The van der Waals surface area contributed by atoms with Crippen LogP contribution in [0.15, 0.2) is 61.2 Å². The van der Waals surface area contributed by atoms with E-state index in [1.807, 2.05) is 22.9 Å². The van der Waals surface area contributed by atoms with Crippen LogP contribution in [-0.2, 0) is 0 Å². The van der Waals surface area contributed by atoms with Crippen molar-refractivity contribution in [1.82, 2.24) is 14.5 Å². The first-order valence-corrected chi connectivity index (χ1v) is 8.06. The third kappa shape index (κ3) is 2.76. The number of hydrogen-bond acceptors (Lipinski definition) is 4. The Morgan fingerprint density at radius 2 is 1.96 bits per heavy atom. The number of carbonyl (C=O) groups is 1. The first kappa shape index (κ1) is 16.1. The lowest BCUT2D eigenvalue weighted by Crippen LogP contribution is -1.99. The molecule has 4 rings (SSSR count). The maximum absolute atomic E-state index is 11.3. The summed E-state index contributed by atoms with van der Waals surface area (Å²) < 4.78 is 1.85. The van der Waals surface area contributed by atoms with Gasteiger partial charge in [-0.15, -0.1) is 0 Å². The van der Waals surface area contributed by atoms with Crippen LogP contribution in [-0.4, -0.2) is 30.7 Å². The molecular weight excluding hydrogens is 354 g/mol. The Labute approximate surface area is 153 Å². The van der Waals surface area contributed by atoms with Crippen LogP contribution in [0, 0.1) is 0 Å². The summed E-state index contributed by atoms with van der Waals surface area (Å²) in [5, 5.41) is 20.4. The summed E-state index contributed by atoms with van der Waals surface area (Å²) >= 11 is 6.11. The van der Waals surface area contributed by atoms with Crippen molar-refractivity contribution >= 4 is 28.5 Å². The number of rotatable bonds is 3. The smallest absolute Gasteiger partial charge is 0.339 e. The lowest BCUT2D eigenvalue weighted by atomic mass is 10.0. The van der Waals surface area contributed by atoms with E-state index in [0.29, 0.717) is 21.8 Å². The number of phenols is 1. The average Bonchev–Trinajstić information content (AvgIpc) is 3.15. The van der Waals surface area contributed by atoms with Crippen molar-refractivity contribution in [3.05, 3.63) is 71.8 Å². The van der Waals surface area contributed by atoms with E-state index in [-0.39, 0.29) is 11.3 Å². The van der Waals surface area contributed by atoms with Gasteiger partial charge in [0.1, 0.15) is 11.3 Å². The zero-order chi connectivity index (χ0) is 18.3. The van der Waals surface area contributed by atoms with Gasteiger partial charge in [0.15, 0.2) is 0 Å². The topological polar surface area (TPSA) is 88.2 Å². The fourth-order valence-corrected chi connectivity index (χ4v) is 2.98. The molecule has 0 atom stereocenters. The van der Waals surface area contributed by atoms with E-state index in [1.54, 1.807) is 30.7 Å². The number of fused-ring (bicyclic) bond motifs is 1. The van der Waals surface area contributed by atoms with Gasteiger partial charge in [0, 0.05) is 28.4 Å². The van der Waals surface area contributed by atoms with Crippen molar-refractivity contribution in [3.63, 3.8) is 0 Å². The van der Waals surface area contributed by atoms with Crippen molar-refractivity contribution in [2.75, 3.05) is 0 Å². The second kappa shape index (κ2) is 6.16. The maximum Gasteiger partial charge on any atom is 0.339 e. The van der Waals surface area contributed by atoms with Gasteiger partial charge < -0.3 is 14.8 Å². The summed E-state index contributed by atoms with van der Waals surface area (Å²) in [5.74, 6) is -1.50. The summed E-state index contributed by atoms with van der Waals surface area (Å²) in [6.07, 6.45) is 5.16. The number of imidazole rings is 1. The Morgan fingerprint density at radius 3 is 2.69 bits per heavy atom. The van der Waals surface area contributed by atoms with Crippen LogP contribution in [0.5, 0.6) is 5.75 Å². The Balaban J connectivity index is 1.99. The predicted octanol–water partition coefficient (Wildman–Crippen LogP) is 4.14. The lowest BCUT2D eigenvalue weighted by molar-refractivity contribution is 0.0694. The largest absolute Gasteiger partial charge is 0.507 e. The molecule has 0 aliphatic carbocycles. The molecule has 0 aliphatic rings. The standard InChI is InChI=1S/C19H12ClN3O3/c20-12-2-3-13-16(8-12)22-15(9-17(13)23-6-5-21-10-23)11-1-4-18(24)14(7-11)19(25)26/h1-10,24H,(H,25,26). The third-order valence-electron chi connectivity index (χ3n) is 4.06. The van der Waals surface area contributed by atoms with Crippen LogP contribution in [0.3, 0.4) is 0 Å². The average molecular weight is 366 g/mol. The Kier molecular flexibility index (Phi) is 3.82. The van der Waals surface area contributed by atoms with E-state index in [9.17, 15) is 15.0 Å². The minimum atomic E-state index is -1.21.